The maximum Gasteiger partial charge on any atom is 0.241 e. The van der Waals surface area contributed by atoms with E-state index in [-0.39, 0.29) is 42.2 Å². The number of amides is 1. The third-order valence-corrected chi connectivity index (χ3v) is 5.98. The van der Waals surface area contributed by atoms with Crippen molar-refractivity contribution in [3.63, 3.8) is 0 Å². The van der Waals surface area contributed by atoms with Crippen molar-refractivity contribution in [1.29, 1.82) is 0 Å². The van der Waals surface area contributed by atoms with Crippen molar-refractivity contribution in [3.8, 4) is 0 Å². The summed E-state index contributed by atoms with van der Waals surface area (Å²) in [5, 5.41) is 2.98. The number of hydrogen-bond acceptors (Lipinski definition) is 4. The van der Waals surface area contributed by atoms with E-state index < -0.39 is 14.6 Å². The molecule has 7 nitrogen and oxygen atoms in total. The Morgan fingerprint density at radius 1 is 1.38 bits per heavy atom. The molecule has 9 heteroatoms. The monoisotopic (exact) mass is 432 g/mol. The molecule has 21 heavy (non-hydrogen) atoms. The first-order valence-corrected chi connectivity index (χ1v) is 8.14. The third kappa shape index (κ3) is 4.97. The Morgan fingerprint density at radius 3 is 2.38 bits per heavy atom. The summed E-state index contributed by atoms with van der Waals surface area (Å²) in [6.45, 7) is 4.33. The zero-order valence-corrected chi connectivity index (χ0v) is 16.4. The van der Waals surface area contributed by atoms with Gasteiger partial charge in [-0.25, -0.2) is 8.42 Å². The van der Waals surface area contributed by atoms with Crippen LogP contribution >= 0.6 is 24.0 Å². The molecule has 0 atom stereocenters. The van der Waals surface area contributed by atoms with E-state index in [1.807, 2.05) is 4.90 Å². The molecule has 0 unspecified atom stereocenters. The lowest BCUT2D eigenvalue weighted by Crippen LogP contribution is -2.57. The van der Waals surface area contributed by atoms with Crippen molar-refractivity contribution < 1.29 is 13.2 Å². The molecule has 0 saturated carbocycles. The van der Waals surface area contributed by atoms with Crippen LogP contribution in [0.5, 0.6) is 0 Å². The molecule has 1 fully saturated rings. The van der Waals surface area contributed by atoms with E-state index in [9.17, 15) is 13.2 Å². The standard InChI is InChI=1S/C12H24N4O3S.HI/c1-12(2)9-16(6-7-20(12,18)19)11(13-3)14-8-10(17)15(4)5;/h6-9H2,1-5H3,(H,13,14);1H. The quantitative estimate of drug-likeness (QED) is 0.371. The summed E-state index contributed by atoms with van der Waals surface area (Å²) < 4.78 is 23.1. The molecule has 0 aromatic carbocycles. The third-order valence-electron chi connectivity index (χ3n) is 3.45. The summed E-state index contributed by atoms with van der Waals surface area (Å²) in [5.41, 5.74) is 0. The number of likely N-dealkylation sites (N-methyl/N-ethyl adjacent to an activating group) is 1. The molecular weight excluding hydrogens is 407 g/mol. The summed E-state index contributed by atoms with van der Waals surface area (Å²) >= 11 is 0. The van der Waals surface area contributed by atoms with E-state index in [0.717, 1.165) is 0 Å². The van der Waals surface area contributed by atoms with Gasteiger partial charge in [0.25, 0.3) is 0 Å². The van der Waals surface area contributed by atoms with Gasteiger partial charge in [-0.3, -0.25) is 9.79 Å². The van der Waals surface area contributed by atoms with Gasteiger partial charge in [-0.2, -0.15) is 0 Å². The molecule has 1 rings (SSSR count). The van der Waals surface area contributed by atoms with Crippen LogP contribution in [0.3, 0.4) is 0 Å². The molecule has 0 aromatic rings. The number of nitrogens with zero attached hydrogens (tertiary/aromatic N) is 3. The minimum atomic E-state index is -3.08. The van der Waals surface area contributed by atoms with Crippen molar-refractivity contribution in [2.45, 2.75) is 18.6 Å². The Kier molecular flexibility index (Phi) is 7.40. The summed E-state index contributed by atoms with van der Waals surface area (Å²) in [6, 6.07) is 0. The highest BCUT2D eigenvalue weighted by Crippen LogP contribution is 2.23. The van der Waals surface area contributed by atoms with Gasteiger partial charge in [0.15, 0.2) is 15.8 Å². The summed E-state index contributed by atoms with van der Waals surface area (Å²) in [6.07, 6.45) is 0. The lowest BCUT2D eigenvalue weighted by Gasteiger charge is -2.39. The highest BCUT2D eigenvalue weighted by Gasteiger charge is 2.40. The fourth-order valence-electron chi connectivity index (χ4n) is 1.97. The van der Waals surface area contributed by atoms with E-state index >= 15 is 0 Å². The van der Waals surface area contributed by atoms with E-state index in [1.165, 1.54) is 4.90 Å². The zero-order valence-electron chi connectivity index (χ0n) is 13.2. The number of rotatable bonds is 2. The van der Waals surface area contributed by atoms with Crippen molar-refractivity contribution in [2.24, 2.45) is 4.99 Å². The Balaban J connectivity index is 0.00000400. The molecule has 0 aliphatic carbocycles. The van der Waals surface area contributed by atoms with Crippen LogP contribution in [0, 0.1) is 0 Å². The number of carbonyl (C=O) groups is 1. The predicted octanol–water partition coefficient (Wildman–Crippen LogP) is -0.223. The second kappa shape index (κ2) is 7.61. The number of guanidine groups is 1. The molecule has 124 valence electrons. The fourth-order valence-corrected chi connectivity index (χ4v) is 3.34. The van der Waals surface area contributed by atoms with Crippen molar-refractivity contribution in [1.82, 2.24) is 15.1 Å². The van der Waals surface area contributed by atoms with Crippen molar-refractivity contribution in [3.05, 3.63) is 0 Å². The first-order valence-electron chi connectivity index (χ1n) is 6.49. The van der Waals surface area contributed by atoms with Gasteiger partial charge in [0.2, 0.25) is 5.91 Å². The second-order valence-corrected chi connectivity index (χ2v) is 8.43. The highest BCUT2D eigenvalue weighted by molar-refractivity contribution is 14.0. The maximum atomic E-state index is 12.0. The van der Waals surface area contributed by atoms with Crippen LogP contribution in [-0.2, 0) is 14.6 Å². The molecular formula is C12H25IN4O3S. The van der Waals surface area contributed by atoms with Gasteiger partial charge in [0.05, 0.1) is 17.0 Å². The summed E-state index contributed by atoms with van der Waals surface area (Å²) in [7, 11) is 1.91. The van der Waals surface area contributed by atoms with Crippen molar-refractivity contribution >= 4 is 45.7 Å². The van der Waals surface area contributed by atoms with Gasteiger partial charge in [-0.05, 0) is 13.8 Å². The lowest BCUT2D eigenvalue weighted by molar-refractivity contribution is -0.127. The number of nitrogens with one attached hydrogen (secondary N) is 1. The van der Waals surface area contributed by atoms with Gasteiger partial charge in [0.1, 0.15) is 0 Å². The normalized spacial score (nSPS) is 20.4. The summed E-state index contributed by atoms with van der Waals surface area (Å²) in [4.78, 5) is 19.1. The molecule has 1 saturated heterocycles. The average molecular weight is 432 g/mol. The van der Waals surface area contributed by atoms with Crippen LogP contribution in [0.2, 0.25) is 0 Å². The Morgan fingerprint density at radius 2 is 1.95 bits per heavy atom. The van der Waals surface area contributed by atoms with Crippen molar-refractivity contribution in [2.75, 3.05) is 46.5 Å². The molecule has 0 bridgehead atoms. The van der Waals surface area contributed by atoms with Crippen LogP contribution < -0.4 is 5.32 Å². The number of halogens is 1. The molecule has 1 heterocycles. The van der Waals surface area contributed by atoms with E-state index in [4.69, 9.17) is 0 Å². The van der Waals surface area contributed by atoms with Crippen LogP contribution in [0.15, 0.2) is 4.99 Å². The first kappa shape index (κ1) is 20.4. The molecule has 0 radical (unpaired) electrons. The molecule has 1 N–H and O–H groups in total. The highest BCUT2D eigenvalue weighted by atomic mass is 127. The van der Waals surface area contributed by atoms with Crippen LogP contribution in [-0.4, -0.2) is 81.4 Å². The van der Waals surface area contributed by atoms with E-state index in [0.29, 0.717) is 19.0 Å². The van der Waals surface area contributed by atoms with Crippen LogP contribution in [0.1, 0.15) is 13.8 Å². The largest absolute Gasteiger partial charge is 0.347 e. The minimum absolute atomic E-state index is 0. The summed E-state index contributed by atoms with van der Waals surface area (Å²) in [5.74, 6) is 0.598. The predicted molar refractivity (Wildman–Crippen MR) is 94.9 cm³/mol. The Labute approximate surface area is 144 Å². The lowest BCUT2D eigenvalue weighted by atomic mass is 10.2. The van der Waals surface area contributed by atoms with Gasteiger partial charge >= 0.3 is 0 Å². The zero-order chi connectivity index (χ0) is 15.6. The molecule has 1 amide bonds. The Hall–Kier alpha value is -0.580. The number of aliphatic imine (C=N–C) groups is 1. The number of hydrogen-bond donors (Lipinski definition) is 1. The SMILES string of the molecule is CN=C(NCC(=O)N(C)C)N1CCS(=O)(=O)C(C)(C)C1.I. The Bertz CT molecular complexity index is 503. The smallest absolute Gasteiger partial charge is 0.241 e. The van der Waals surface area contributed by atoms with Gasteiger partial charge < -0.3 is 15.1 Å². The molecule has 1 aliphatic rings. The fraction of sp³-hybridized carbons (Fsp3) is 0.833. The van der Waals surface area contributed by atoms with E-state index in [2.05, 4.69) is 10.3 Å². The molecule has 1 aliphatic heterocycles. The molecule has 0 aromatic heterocycles. The van der Waals surface area contributed by atoms with Gasteiger partial charge in [-0.1, -0.05) is 0 Å². The average Bonchev–Trinajstić information content (AvgIpc) is 2.33. The topological polar surface area (TPSA) is 82.1 Å². The second-order valence-electron chi connectivity index (χ2n) is 5.69. The first-order chi connectivity index (χ1) is 9.10. The van der Waals surface area contributed by atoms with Crippen LogP contribution in [0.4, 0.5) is 0 Å². The van der Waals surface area contributed by atoms with Gasteiger partial charge in [0, 0.05) is 34.2 Å². The maximum absolute atomic E-state index is 12.0. The van der Waals surface area contributed by atoms with E-state index in [1.54, 1.807) is 35.0 Å². The van der Waals surface area contributed by atoms with Gasteiger partial charge in [-0.15, -0.1) is 24.0 Å². The number of sulfone groups is 1. The van der Waals surface area contributed by atoms with Crippen LogP contribution in [0.25, 0.3) is 0 Å². The number of carbonyl (C=O) groups excluding carboxylic acids is 1. The molecule has 0 spiro atoms. The minimum Gasteiger partial charge on any atom is -0.347 e.